The summed E-state index contributed by atoms with van der Waals surface area (Å²) in [5, 5.41) is 5.64. The number of esters is 1. The molecule has 0 fully saturated rings. The van der Waals surface area contributed by atoms with E-state index in [9.17, 15) is 9.59 Å². The third kappa shape index (κ3) is 5.54. The molecule has 0 radical (unpaired) electrons. The number of rotatable bonds is 8. The number of benzene rings is 2. The van der Waals surface area contributed by atoms with Crippen LogP contribution in [0, 0.1) is 6.92 Å². The minimum absolute atomic E-state index is 0.199. The molecule has 1 heterocycles. The van der Waals surface area contributed by atoms with Crippen LogP contribution in [0.5, 0.6) is 11.5 Å². The first-order valence-corrected chi connectivity index (χ1v) is 11.3. The molecule has 1 amide bonds. The van der Waals surface area contributed by atoms with Gasteiger partial charge >= 0.3 is 5.97 Å². The fourth-order valence-electron chi connectivity index (χ4n) is 2.98. The zero-order valence-electron chi connectivity index (χ0n) is 17.7. The number of hydrogen-bond donors (Lipinski definition) is 1. The molecule has 0 saturated heterocycles. The molecule has 1 aromatic heterocycles. The van der Waals surface area contributed by atoms with Gasteiger partial charge in [-0.2, -0.15) is 0 Å². The summed E-state index contributed by atoms with van der Waals surface area (Å²) >= 11 is 13.2. The van der Waals surface area contributed by atoms with Crippen LogP contribution in [-0.2, 0) is 9.53 Å². The van der Waals surface area contributed by atoms with Crippen molar-refractivity contribution < 1.29 is 23.8 Å². The Bertz CT molecular complexity index is 1150. The van der Waals surface area contributed by atoms with Gasteiger partial charge in [0.2, 0.25) is 0 Å². The monoisotopic (exact) mass is 493 g/mol. The van der Waals surface area contributed by atoms with E-state index >= 15 is 0 Å². The number of halogens is 2. The van der Waals surface area contributed by atoms with Gasteiger partial charge in [0.05, 0.1) is 18.7 Å². The minimum atomic E-state index is -0.538. The van der Waals surface area contributed by atoms with Crippen molar-refractivity contribution in [2.45, 2.75) is 13.8 Å². The Morgan fingerprint density at radius 2 is 1.81 bits per heavy atom. The molecule has 0 unspecified atom stereocenters. The first kappa shape index (κ1) is 23.9. The van der Waals surface area contributed by atoms with Gasteiger partial charge in [-0.15, -0.1) is 11.3 Å². The van der Waals surface area contributed by atoms with E-state index in [4.69, 9.17) is 37.4 Å². The highest BCUT2D eigenvalue weighted by Crippen LogP contribution is 2.40. The van der Waals surface area contributed by atoms with E-state index in [1.54, 1.807) is 31.5 Å². The van der Waals surface area contributed by atoms with Crippen molar-refractivity contribution in [1.82, 2.24) is 0 Å². The molecule has 2 aromatic carbocycles. The molecule has 0 bridgehead atoms. The second kappa shape index (κ2) is 10.7. The standard InChI is InChI=1S/C23H21Cl2NO5S/c1-4-30-23(28)21-16(15-9-13(2)5-7-18(15)29-3)12-32-22(21)26-20(27)11-31-19-8-6-14(24)10-17(19)25/h5-10,12H,4,11H2,1-3H3,(H,26,27). The van der Waals surface area contributed by atoms with Crippen LogP contribution in [0.2, 0.25) is 10.0 Å². The largest absolute Gasteiger partial charge is 0.496 e. The van der Waals surface area contributed by atoms with Crippen LogP contribution in [0.3, 0.4) is 0 Å². The van der Waals surface area contributed by atoms with Gasteiger partial charge in [-0.05, 0) is 44.2 Å². The molecule has 0 aliphatic carbocycles. The Kier molecular flexibility index (Phi) is 8.01. The van der Waals surface area contributed by atoms with Crippen LogP contribution in [0.4, 0.5) is 5.00 Å². The van der Waals surface area contributed by atoms with Gasteiger partial charge < -0.3 is 19.5 Å². The second-order valence-electron chi connectivity index (χ2n) is 6.69. The predicted octanol–water partition coefficient (Wildman–Crippen LogP) is 6.23. The average Bonchev–Trinajstić information content (AvgIpc) is 3.16. The molecule has 0 atom stereocenters. The van der Waals surface area contributed by atoms with E-state index in [0.29, 0.717) is 32.1 Å². The van der Waals surface area contributed by atoms with Crippen molar-refractivity contribution in [2.75, 3.05) is 25.6 Å². The molecule has 1 N–H and O–H groups in total. The summed E-state index contributed by atoms with van der Waals surface area (Å²) in [5.74, 6) is -0.0545. The zero-order valence-corrected chi connectivity index (χ0v) is 20.0. The summed E-state index contributed by atoms with van der Waals surface area (Å²) in [6, 6.07) is 10.4. The van der Waals surface area contributed by atoms with Crippen LogP contribution in [0.15, 0.2) is 41.8 Å². The lowest BCUT2D eigenvalue weighted by Crippen LogP contribution is -2.21. The van der Waals surface area contributed by atoms with E-state index in [0.717, 1.165) is 11.1 Å². The molecular weight excluding hydrogens is 473 g/mol. The molecule has 0 saturated carbocycles. The minimum Gasteiger partial charge on any atom is -0.496 e. The Labute approximate surface area is 200 Å². The molecule has 0 aliphatic rings. The highest BCUT2D eigenvalue weighted by atomic mass is 35.5. The third-order valence-electron chi connectivity index (χ3n) is 4.42. The Morgan fingerprint density at radius 1 is 1.06 bits per heavy atom. The van der Waals surface area contributed by atoms with Crippen LogP contribution in [0.1, 0.15) is 22.8 Å². The average molecular weight is 494 g/mol. The summed E-state index contributed by atoms with van der Waals surface area (Å²) < 4.78 is 16.2. The number of amides is 1. The van der Waals surface area contributed by atoms with Crippen LogP contribution >= 0.6 is 34.5 Å². The molecule has 0 spiro atoms. The van der Waals surface area contributed by atoms with Gasteiger partial charge in [0, 0.05) is 21.5 Å². The Hall–Kier alpha value is -2.74. The van der Waals surface area contributed by atoms with E-state index < -0.39 is 11.9 Å². The highest BCUT2D eigenvalue weighted by molar-refractivity contribution is 7.15. The summed E-state index contributed by atoms with van der Waals surface area (Å²) in [6.45, 7) is 3.57. The van der Waals surface area contributed by atoms with E-state index in [1.165, 1.54) is 17.4 Å². The lowest BCUT2D eigenvalue weighted by atomic mass is 10.0. The number of ether oxygens (including phenoxy) is 3. The summed E-state index contributed by atoms with van der Waals surface area (Å²) in [5.41, 5.74) is 2.61. The summed E-state index contributed by atoms with van der Waals surface area (Å²) in [4.78, 5) is 25.3. The topological polar surface area (TPSA) is 73.9 Å². The van der Waals surface area contributed by atoms with E-state index in [2.05, 4.69) is 5.32 Å². The lowest BCUT2D eigenvalue weighted by molar-refractivity contribution is -0.118. The Balaban J connectivity index is 1.87. The van der Waals surface area contributed by atoms with Gasteiger partial charge in [0.25, 0.3) is 5.91 Å². The molecule has 0 aliphatic heterocycles. The molecule has 3 rings (SSSR count). The normalized spacial score (nSPS) is 10.5. The number of nitrogens with one attached hydrogen (secondary N) is 1. The number of methoxy groups -OCH3 is 1. The maximum atomic E-state index is 12.8. The fraction of sp³-hybridized carbons (Fsp3) is 0.217. The number of aryl methyl sites for hydroxylation is 1. The van der Waals surface area contributed by atoms with E-state index in [1.807, 2.05) is 25.1 Å². The van der Waals surface area contributed by atoms with Gasteiger partial charge in [-0.25, -0.2) is 4.79 Å². The quantitative estimate of drug-likeness (QED) is 0.376. The van der Waals surface area contributed by atoms with Crippen molar-refractivity contribution in [1.29, 1.82) is 0 Å². The molecule has 6 nitrogen and oxygen atoms in total. The van der Waals surface area contributed by atoms with Crippen molar-refractivity contribution in [2.24, 2.45) is 0 Å². The third-order valence-corrected chi connectivity index (χ3v) is 5.85. The van der Waals surface area contributed by atoms with Crippen molar-refractivity contribution in [3.05, 3.63) is 63.0 Å². The highest BCUT2D eigenvalue weighted by Gasteiger charge is 2.24. The fourth-order valence-corrected chi connectivity index (χ4v) is 4.41. The van der Waals surface area contributed by atoms with Crippen LogP contribution in [0.25, 0.3) is 11.1 Å². The molecule has 9 heteroatoms. The molecular formula is C23H21Cl2NO5S. The first-order valence-electron chi connectivity index (χ1n) is 9.65. The molecule has 3 aromatic rings. The van der Waals surface area contributed by atoms with Gasteiger partial charge in [0.15, 0.2) is 6.61 Å². The maximum absolute atomic E-state index is 12.8. The van der Waals surface area contributed by atoms with E-state index in [-0.39, 0.29) is 18.8 Å². The number of hydrogen-bond acceptors (Lipinski definition) is 6. The maximum Gasteiger partial charge on any atom is 0.341 e. The molecule has 168 valence electrons. The van der Waals surface area contributed by atoms with Crippen molar-refractivity contribution >= 4 is 51.4 Å². The number of carbonyl (C=O) groups is 2. The first-order chi connectivity index (χ1) is 15.3. The summed E-state index contributed by atoms with van der Waals surface area (Å²) in [7, 11) is 1.56. The lowest BCUT2D eigenvalue weighted by Gasteiger charge is -2.12. The van der Waals surface area contributed by atoms with Gasteiger partial charge in [-0.3, -0.25) is 4.79 Å². The van der Waals surface area contributed by atoms with Crippen molar-refractivity contribution in [3.63, 3.8) is 0 Å². The van der Waals surface area contributed by atoms with Crippen LogP contribution < -0.4 is 14.8 Å². The van der Waals surface area contributed by atoms with Gasteiger partial charge in [-0.1, -0.05) is 34.8 Å². The van der Waals surface area contributed by atoms with Crippen molar-refractivity contribution in [3.8, 4) is 22.6 Å². The summed E-state index contributed by atoms with van der Waals surface area (Å²) in [6.07, 6.45) is 0. The van der Waals surface area contributed by atoms with Crippen LogP contribution in [-0.4, -0.2) is 32.2 Å². The predicted molar refractivity (Wildman–Crippen MR) is 128 cm³/mol. The number of thiophene rings is 1. The zero-order chi connectivity index (χ0) is 23.3. The smallest absolute Gasteiger partial charge is 0.341 e. The SMILES string of the molecule is CCOC(=O)c1c(-c2cc(C)ccc2OC)csc1NC(=O)COc1ccc(Cl)cc1Cl. The molecule has 32 heavy (non-hydrogen) atoms. The Morgan fingerprint density at radius 3 is 2.50 bits per heavy atom. The number of anilines is 1. The number of carbonyl (C=O) groups excluding carboxylic acids is 2. The van der Waals surface area contributed by atoms with Gasteiger partial charge in [0.1, 0.15) is 22.1 Å². The second-order valence-corrected chi connectivity index (χ2v) is 8.41.